The third-order valence-electron chi connectivity index (χ3n) is 1.75. The minimum Gasteiger partial charge on any atom is -0.284 e. The number of alkyl halides is 1. The average Bonchev–Trinajstić information content (AvgIpc) is 2.16. The first-order chi connectivity index (χ1) is 6.80. The summed E-state index contributed by atoms with van der Waals surface area (Å²) in [7, 11) is -4.83. The van der Waals surface area contributed by atoms with Crippen LogP contribution >= 0.6 is 23.2 Å². The van der Waals surface area contributed by atoms with Gasteiger partial charge in [-0.3, -0.25) is 9.35 Å². The molecule has 0 aromatic heterocycles. The van der Waals surface area contributed by atoms with Crippen molar-refractivity contribution in [3.05, 3.63) is 35.9 Å². The van der Waals surface area contributed by atoms with E-state index in [9.17, 15) is 13.2 Å². The van der Waals surface area contributed by atoms with E-state index in [1.165, 1.54) is 24.3 Å². The highest BCUT2D eigenvalue weighted by Crippen LogP contribution is 2.36. The molecular weight excluding hydrogens is 263 g/mol. The lowest BCUT2D eigenvalue weighted by molar-refractivity contribution is -0.112. The van der Waals surface area contributed by atoms with E-state index in [2.05, 4.69) is 0 Å². The quantitative estimate of drug-likeness (QED) is 0.515. The number of carbonyl (C=O) groups excluding carboxylic acids is 1. The van der Waals surface area contributed by atoms with Crippen LogP contribution in [-0.2, 0) is 19.1 Å². The van der Waals surface area contributed by atoms with Gasteiger partial charge in [0.05, 0.1) is 0 Å². The SMILES string of the molecule is O=C(Cl)C(Cl)(c1ccccc1)S(=O)(=O)O. The molecule has 0 radical (unpaired) electrons. The molecule has 0 amide bonds. The van der Waals surface area contributed by atoms with E-state index < -0.39 is 19.6 Å². The van der Waals surface area contributed by atoms with Gasteiger partial charge in [-0.05, 0) is 17.2 Å². The zero-order chi connectivity index (χ0) is 11.7. The number of hydrogen-bond acceptors (Lipinski definition) is 3. The first-order valence-electron chi connectivity index (χ1n) is 3.71. The molecule has 0 saturated carbocycles. The standard InChI is InChI=1S/C8H6Cl2O4S/c9-7(11)8(10,15(12,13)14)6-4-2-1-3-5-6/h1-5H,(H,12,13,14). The Balaban J connectivity index is 3.46. The van der Waals surface area contributed by atoms with Crippen molar-refractivity contribution >= 4 is 38.6 Å². The summed E-state index contributed by atoms with van der Waals surface area (Å²) in [5.74, 6) is 0. The summed E-state index contributed by atoms with van der Waals surface area (Å²) in [6.45, 7) is 0. The first-order valence-corrected chi connectivity index (χ1v) is 5.91. The Hall–Kier alpha value is -0.620. The van der Waals surface area contributed by atoms with E-state index in [0.29, 0.717) is 0 Å². The molecule has 15 heavy (non-hydrogen) atoms. The van der Waals surface area contributed by atoms with Crippen LogP contribution in [0.5, 0.6) is 0 Å². The highest BCUT2D eigenvalue weighted by Gasteiger charge is 2.49. The van der Waals surface area contributed by atoms with Gasteiger partial charge in [0, 0.05) is 0 Å². The largest absolute Gasteiger partial charge is 0.298 e. The van der Waals surface area contributed by atoms with Crippen LogP contribution in [0.4, 0.5) is 0 Å². The lowest BCUT2D eigenvalue weighted by atomic mass is 10.1. The number of hydrogen-bond donors (Lipinski definition) is 1. The summed E-state index contributed by atoms with van der Waals surface area (Å²) in [6.07, 6.45) is 0. The van der Waals surface area contributed by atoms with Gasteiger partial charge in [-0.15, -0.1) is 0 Å². The van der Waals surface area contributed by atoms with Crippen LogP contribution in [-0.4, -0.2) is 18.2 Å². The van der Waals surface area contributed by atoms with Crippen molar-refractivity contribution in [2.75, 3.05) is 0 Å². The predicted molar refractivity (Wildman–Crippen MR) is 56.4 cm³/mol. The van der Waals surface area contributed by atoms with Crippen molar-refractivity contribution in [3.63, 3.8) is 0 Å². The molecule has 1 rings (SSSR count). The van der Waals surface area contributed by atoms with E-state index >= 15 is 0 Å². The highest BCUT2D eigenvalue weighted by molar-refractivity contribution is 7.89. The minimum absolute atomic E-state index is 0.103. The maximum atomic E-state index is 11.0. The zero-order valence-corrected chi connectivity index (χ0v) is 9.55. The van der Waals surface area contributed by atoms with E-state index in [1.54, 1.807) is 6.07 Å². The molecule has 0 bridgehead atoms. The number of rotatable bonds is 3. The summed E-state index contributed by atoms with van der Waals surface area (Å²) in [4.78, 5) is 11.0. The Morgan fingerprint density at radius 3 is 2.07 bits per heavy atom. The fraction of sp³-hybridized carbons (Fsp3) is 0.125. The highest BCUT2D eigenvalue weighted by atomic mass is 35.5. The van der Waals surface area contributed by atoms with Crippen molar-refractivity contribution in [2.45, 2.75) is 4.21 Å². The normalized spacial score (nSPS) is 15.7. The molecule has 0 spiro atoms. The molecule has 82 valence electrons. The summed E-state index contributed by atoms with van der Waals surface area (Å²) in [5.41, 5.74) is -0.103. The maximum Gasteiger partial charge on any atom is 0.298 e. The van der Waals surface area contributed by atoms with Crippen molar-refractivity contribution in [1.82, 2.24) is 0 Å². The topological polar surface area (TPSA) is 71.4 Å². The Labute approximate surface area is 96.6 Å². The summed E-state index contributed by atoms with van der Waals surface area (Å²) in [6, 6.07) is 7.10. The van der Waals surface area contributed by atoms with Crippen LogP contribution in [0.25, 0.3) is 0 Å². The van der Waals surface area contributed by atoms with Gasteiger partial charge in [0.15, 0.2) is 0 Å². The average molecular weight is 269 g/mol. The van der Waals surface area contributed by atoms with Gasteiger partial charge in [0.2, 0.25) is 0 Å². The Morgan fingerprint density at radius 2 is 1.73 bits per heavy atom. The lowest BCUT2D eigenvalue weighted by Crippen LogP contribution is -2.35. The van der Waals surface area contributed by atoms with E-state index in [-0.39, 0.29) is 5.56 Å². The molecule has 0 fully saturated rings. The van der Waals surface area contributed by atoms with Crippen LogP contribution < -0.4 is 0 Å². The van der Waals surface area contributed by atoms with E-state index in [0.717, 1.165) is 0 Å². The molecular formula is C8H6Cl2O4S. The van der Waals surface area contributed by atoms with E-state index in [4.69, 9.17) is 27.8 Å². The summed E-state index contributed by atoms with van der Waals surface area (Å²) in [5, 5.41) is -1.38. The molecule has 4 nitrogen and oxygen atoms in total. The van der Waals surface area contributed by atoms with E-state index in [1.807, 2.05) is 0 Å². The van der Waals surface area contributed by atoms with Gasteiger partial charge in [-0.1, -0.05) is 41.9 Å². The zero-order valence-electron chi connectivity index (χ0n) is 7.22. The Kier molecular flexibility index (Phi) is 3.40. The first kappa shape index (κ1) is 12.4. The third kappa shape index (κ3) is 2.15. The summed E-state index contributed by atoms with van der Waals surface area (Å²) < 4.78 is 28.3. The summed E-state index contributed by atoms with van der Waals surface area (Å²) >= 11 is 10.7. The number of carbonyl (C=O) groups is 1. The monoisotopic (exact) mass is 268 g/mol. The fourth-order valence-corrected chi connectivity index (χ4v) is 2.18. The third-order valence-corrected chi connectivity index (χ3v) is 4.35. The molecule has 0 aliphatic rings. The van der Waals surface area contributed by atoms with Crippen LogP contribution in [0.2, 0.25) is 0 Å². The van der Waals surface area contributed by atoms with Gasteiger partial charge < -0.3 is 0 Å². The Morgan fingerprint density at radius 1 is 1.27 bits per heavy atom. The second-order valence-corrected chi connectivity index (χ2v) is 5.41. The fourth-order valence-electron chi connectivity index (χ4n) is 1.02. The molecule has 1 N–H and O–H groups in total. The van der Waals surface area contributed by atoms with Gasteiger partial charge >= 0.3 is 0 Å². The van der Waals surface area contributed by atoms with Crippen molar-refractivity contribution < 1.29 is 17.8 Å². The molecule has 0 heterocycles. The van der Waals surface area contributed by atoms with Crippen molar-refractivity contribution in [2.24, 2.45) is 0 Å². The molecule has 1 unspecified atom stereocenters. The number of halogens is 2. The predicted octanol–water partition coefficient (Wildman–Crippen LogP) is 1.73. The maximum absolute atomic E-state index is 11.0. The smallest absolute Gasteiger partial charge is 0.284 e. The van der Waals surface area contributed by atoms with Gasteiger partial charge in [0.25, 0.3) is 19.6 Å². The second kappa shape index (κ2) is 4.09. The van der Waals surface area contributed by atoms with Crippen molar-refractivity contribution in [1.29, 1.82) is 0 Å². The second-order valence-electron chi connectivity index (χ2n) is 2.71. The molecule has 1 atom stereocenters. The number of benzene rings is 1. The molecule has 1 aromatic carbocycles. The minimum atomic E-state index is -4.83. The van der Waals surface area contributed by atoms with Gasteiger partial charge in [-0.25, -0.2) is 0 Å². The van der Waals surface area contributed by atoms with Gasteiger partial charge in [0.1, 0.15) is 0 Å². The molecule has 1 aromatic rings. The van der Waals surface area contributed by atoms with Crippen LogP contribution in [0, 0.1) is 0 Å². The molecule has 0 saturated heterocycles. The van der Waals surface area contributed by atoms with Crippen molar-refractivity contribution in [3.8, 4) is 0 Å². The van der Waals surface area contributed by atoms with Crippen LogP contribution in [0.3, 0.4) is 0 Å². The lowest BCUT2D eigenvalue weighted by Gasteiger charge is -2.19. The molecule has 0 aliphatic carbocycles. The Bertz CT molecular complexity index is 471. The molecule has 0 aliphatic heterocycles. The van der Waals surface area contributed by atoms with Crippen LogP contribution in [0.15, 0.2) is 30.3 Å². The van der Waals surface area contributed by atoms with Gasteiger partial charge in [-0.2, -0.15) is 8.42 Å². The van der Waals surface area contributed by atoms with Crippen LogP contribution in [0.1, 0.15) is 5.56 Å². The molecule has 7 heteroatoms.